The monoisotopic (exact) mass is 329 g/mol. The molecule has 0 N–H and O–H groups in total. The largest absolute Gasteiger partial charge is 0.466 e. The molecule has 0 aliphatic carbocycles. The lowest BCUT2D eigenvalue weighted by Gasteiger charge is -2.09. The lowest BCUT2D eigenvalue weighted by molar-refractivity contribution is -0.141. The molecule has 0 heterocycles. The fourth-order valence-corrected chi connectivity index (χ4v) is 1.70. The smallest absolute Gasteiger partial charge is 0.416 e. The SMILES string of the molecule is C=CCOCC(CC(=O)OCC)=Nc1cccc(C(F)(F)F)c1. The summed E-state index contributed by atoms with van der Waals surface area (Å²) in [6.07, 6.45) is -3.08. The van der Waals surface area contributed by atoms with E-state index in [9.17, 15) is 18.0 Å². The summed E-state index contributed by atoms with van der Waals surface area (Å²) >= 11 is 0. The van der Waals surface area contributed by atoms with Crippen molar-refractivity contribution in [2.45, 2.75) is 19.5 Å². The fraction of sp³-hybridized carbons (Fsp3) is 0.375. The molecule has 4 nitrogen and oxygen atoms in total. The Morgan fingerprint density at radius 2 is 2.13 bits per heavy atom. The van der Waals surface area contributed by atoms with Gasteiger partial charge in [0.05, 0.1) is 43.2 Å². The van der Waals surface area contributed by atoms with Crippen LogP contribution in [0.15, 0.2) is 41.9 Å². The first-order valence-electron chi connectivity index (χ1n) is 6.94. The molecule has 0 aliphatic heterocycles. The van der Waals surface area contributed by atoms with E-state index in [-0.39, 0.29) is 37.6 Å². The van der Waals surface area contributed by atoms with Gasteiger partial charge in [-0.15, -0.1) is 6.58 Å². The van der Waals surface area contributed by atoms with Crippen LogP contribution < -0.4 is 0 Å². The molecule has 23 heavy (non-hydrogen) atoms. The Kier molecular flexibility index (Phi) is 7.47. The number of carbonyl (C=O) groups excluding carboxylic acids is 1. The molecule has 0 saturated heterocycles. The molecule has 0 radical (unpaired) electrons. The zero-order valence-electron chi connectivity index (χ0n) is 12.7. The van der Waals surface area contributed by atoms with Gasteiger partial charge in [0.15, 0.2) is 0 Å². The molecule has 0 atom stereocenters. The highest BCUT2D eigenvalue weighted by atomic mass is 19.4. The highest BCUT2D eigenvalue weighted by molar-refractivity contribution is 6.00. The van der Waals surface area contributed by atoms with E-state index in [0.29, 0.717) is 0 Å². The zero-order valence-corrected chi connectivity index (χ0v) is 12.7. The van der Waals surface area contributed by atoms with Crippen molar-refractivity contribution in [3.8, 4) is 0 Å². The first-order valence-corrected chi connectivity index (χ1v) is 6.94. The first-order chi connectivity index (χ1) is 10.9. The van der Waals surface area contributed by atoms with Crippen LogP contribution in [0.3, 0.4) is 0 Å². The summed E-state index contributed by atoms with van der Waals surface area (Å²) < 4.78 is 48.2. The van der Waals surface area contributed by atoms with Gasteiger partial charge in [-0.1, -0.05) is 12.1 Å². The number of rotatable bonds is 8. The normalized spacial score (nSPS) is 12.1. The average Bonchev–Trinajstić information content (AvgIpc) is 2.47. The minimum absolute atomic E-state index is 0.00107. The number of nitrogens with zero attached hydrogens (tertiary/aromatic N) is 1. The van der Waals surface area contributed by atoms with Crippen molar-refractivity contribution < 1.29 is 27.4 Å². The minimum Gasteiger partial charge on any atom is -0.466 e. The Morgan fingerprint density at radius 1 is 1.39 bits per heavy atom. The van der Waals surface area contributed by atoms with Gasteiger partial charge in [0, 0.05) is 0 Å². The second kappa shape index (κ2) is 9.09. The fourth-order valence-electron chi connectivity index (χ4n) is 1.70. The van der Waals surface area contributed by atoms with Crippen molar-refractivity contribution in [3.63, 3.8) is 0 Å². The summed E-state index contributed by atoms with van der Waals surface area (Å²) in [5, 5.41) is 0. The Hall–Kier alpha value is -2.15. The maximum atomic E-state index is 12.7. The number of halogens is 3. The van der Waals surface area contributed by atoms with Crippen molar-refractivity contribution in [3.05, 3.63) is 42.5 Å². The summed E-state index contributed by atoms with van der Waals surface area (Å²) in [4.78, 5) is 15.6. The van der Waals surface area contributed by atoms with Gasteiger partial charge in [-0.3, -0.25) is 9.79 Å². The molecule has 0 spiro atoms. The van der Waals surface area contributed by atoms with Crippen molar-refractivity contribution in [2.75, 3.05) is 19.8 Å². The van der Waals surface area contributed by atoms with Crippen LogP contribution in [0.2, 0.25) is 0 Å². The Morgan fingerprint density at radius 3 is 2.74 bits per heavy atom. The van der Waals surface area contributed by atoms with Crippen molar-refractivity contribution >= 4 is 17.4 Å². The van der Waals surface area contributed by atoms with Gasteiger partial charge in [-0.2, -0.15) is 13.2 Å². The maximum absolute atomic E-state index is 12.7. The lowest BCUT2D eigenvalue weighted by Crippen LogP contribution is -2.16. The quantitative estimate of drug-likeness (QED) is 0.314. The highest BCUT2D eigenvalue weighted by Crippen LogP contribution is 2.31. The molecular formula is C16H18F3NO3. The number of hydrogen-bond donors (Lipinski definition) is 0. The minimum atomic E-state index is -4.45. The first kappa shape index (κ1) is 18.9. The van der Waals surface area contributed by atoms with E-state index in [1.54, 1.807) is 6.92 Å². The molecule has 0 saturated carbocycles. The third kappa shape index (κ3) is 7.10. The molecule has 0 amide bonds. The van der Waals surface area contributed by atoms with Crippen LogP contribution in [0.5, 0.6) is 0 Å². The van der Waals surface area contributed by atoms with Crippen LogP contribution in [0, 0.1) is 0 Å². The van der Waals surface area contributed by atoms with Gasteiger partial charge in [0.2, 0.25) is 0 Å². The molecule has 0 bridgehead atoms. The second-order valence-electron chi connectivity index (χ2n) is 4.51. The predicted molar refractivity (Wildman–Crippen MR) is 80.8 cm³/mol. The molecule has 0 aliphatic rings. The van der Waals surface area contributed by atoms with E-state index < -0.39 is 17.7 Å². The molecule has 1 aromatic rings. The second-order valence-corrected chi connectivity index (χ2v) is 4.51. The van der Waals surface area contributed by atoms with E-state index in [2.05, 4.69) is 11.6 Å². The van der Waals surface area contributed by atoms with Crippen molar-refractivity contribution in [1.82, 2.24) is 0 Å². The van der Waals surface area contributed by atoms with Gasteiger partial charge in [0.25, 0.3) is 0 Å². The van der Waals surface area contributed by atoms with Crippen molar-refractivity contribution in [2.24, 2.45) is 4.99 Å². The van der Waals surface area contributed by atoms with Gasteiger partial charge < -0.3 is 9.47 Å². The number of ether oxygens (including phenoxy) is 2. The standard InChI is InChI=1S/C16H18F3NO3/c1-3-8-22-11-14(10-15(21)23-4-2)20-13-7-5-6-12(9-13)16(17,18)19/h3,5-7,9H,1,4,8,10-11H2,2H3. The average molecular weight is 329 g/mol. The molecule has 1 aromatic carbocycles. The molecular weight excluding hydrogens is 311 g/mol. The summed E-state index contributed by atoms with van der Waals surface area (Å²) in [5.41, 5.74) is -0.424. The lowest BCUT2D eigenvalue weighted by atomic mass is 10.2. The van der Waals surface area contributed by atoms with Crippen LogP contribution in [0.4, 0.5) is 18.9 Å². The third-order valence-electron chi connectivity index (χ3n) is 2.62. The number of alkyl halides is 3. The zero-order chi connectivity index (χ0) is 17.3. The Bertz CT molecular complexity index is 568. The van der Waals surface area contributed by atoms with Gasteiger partial charge in [-0.05, 0) is 25.1 Å². The maximum Gasteiger partial charge on any atom is 0.416 e. The van der Waals surface area contributed by atoms with Crippen LogP contribution in [0.1, 0.15) is 18.9 Å². The van der Waals surface area contributed by atoms with Crippen LogP contribution in [-0.4, -0.2) is 31.5 Å². The topological polar surface area (TPSA) is 47.9 Å². The summed E-state index contributed by atoms with van der Waals surface area (Å²) in [6.45, 7) is 5.60. The number of esters is 1. The molecule has 0 unspecified atom stereocenters. The number of aliphatic imine (C=N–C) groups is 1. The predicted octanol–water partition coefficient (Wildman–Crippen LogP) is 3.93. The van der Waals surface area contributed by atoms with Crippen LogP contribution >= 0.6 is 0 Å². The van der Waals surface area contributed by atoms with E-state index in [4.69, 9.17) is 9.47 Å². The van der Waals surface area contributed by atoms with E-state index in [1.165, 1.54) is 18.2 Å². The molecule has 0 fully saturated rings. The molecule has 7 heteroatoms. The van der Waals surface area contributed by atoms with E-state index in [0.717, 1.165) is 12.1 Å². The van der Waals surface area contributed by atoms with Gasteiger partial charge >= 0.3 is 12.1 Å². The number of carbonyl (C=O) groups is 1. The Labute approximate surface area is 132 Å². The third-order valence-corrected chi connectivity index (χ3v) is 2.62. The van der Waals surface area contributed by atoms with Gasteiger partial charge in [0.1, 0.15) is 0 Å². The summed E-state index contributed by atoms with van der Waals surface area (Å²) in [7, 11) is 0. The molecule has 1 rings (SSSR count). The van der Waals surface area contributed by atoms with Crippen LogP contribution in [-0.2, 0) is 20.4 Å². The van der Waals surface area contributed by atoms with E-state index >= 15 is 0 Å². The van der Waals surface area contributed by atoms with Crippen LogP contribution in [0.25, 0.3) is 0 Å². The molecule has 126 valence electrons. The summed E-state index contributed by atoms with van der Waals surface area (Å²) in [5.74, 6) is -0.513. The van der Waals surface area contributed by atoms with E-state index in [1.807, 2.05) is 0 Å². The van der Waals surface area contributed by atoms with Gasteiger partial charge in [-0.25, -0.2) is 0 Å². The molecule has 0 aromatic heterocycles. The Balaban J connectivity index is 2.97. The number of benzene rings is 1. The van der Waals surface area contributed by atoms with Crippen molar-refractivity contribution in [1.29, 1.82) is 0 Å². The highest BCUT2D eigenvalue weighted by Gasteiger charge is 2.30. The number of hydrogen-bond acceptors (Lipinski definition) is 4. The summed E-state index contributed by atoms with van der Waals surface area (Å²) in [6, 6.07) is 4.55.